The van der Waals surface area contributed by atoms with Crippen LogP contribution in [0.25, 0.3) is 22.3 Å². The number of carbonyl (C=O) groups is 1. The third kappa shape index (κ3) is 4.51. The van der Waals surface area contributed by atoms with Gasteiger partial charge < -0.3 is 15.4 Å². The van der Waals surface area contributed by atoms with Gasteiger partial charge >= 0.3 is 0 Å². The molecule has 0 aliphatic carbocycles. The second-order valence-electron chi connectivity index (χ2n) is 8.50. The second kappa shape index (κ2) is 9.77. The van der Waals surface area contributed by atoms with Gasteiger partial charge in [0.1, 0.15) is 35.8 Å². The lowest BCUT2D eigenvalue weighted by Crippen LogP contribution is -2.38. The number of rotatable bonds is 6. The first-order valence-electron chi connectivity index (χ1n) is 11.4. The average molecular weight is 507 g/mol. The molecule has 2 aromatic heterocycles. The Kier molecular flexibility index (Phi) is 6.35. The number of ether oxygens (including phenoxy) is 1. The molecule has 2 N–H and O–H groups in total. The predicted octanol–water partition coefficient (Wildman–Crippen LogP) is 4.19. The molecule has 1 amide bonds. The molecule has 37 heavy (non-hydrogen) atoms. The van der Waals surface area contributed by atoms with Crippen LogP contribution in [0.3, 0.4) is 0 Å². The summed E-state index contributed by atoms with van der Waals surface area (Å²) in [6, 6.07) is 8.94. The van der Waals surface area contributed by atoms with Gasteiger partial charge in [0.2, 0.25) is 11.7 Å². The number of nitrogens with two attached hydrogens (primary N) is 1. The number of hydrogen-bond acceptors (Lipinski definition) is 7. The maximum Gasteiger partial charge on any atom is 0.237 e. The standard InChI is InChI=1S/C25H20F3N7O2/c26-17-4-1-5-19(22(17)28)37-15-6-7-16(18(27)11-15)23-21-24(30)31-13-32-25(21)35(33-23)12-14-3-2-10-34(14)20(36)8-9-29/h1,4-7,11,13-14H,2-3,8,10,12H2,(H2,30,31,32)/t14-/m0/s1. The summed E-state index contributed by atoms with van der Waals surface area (Å²) in [5.41, 5.74) is 6.73. The molecule has 0 bridgehead atoms. The molecule has 1 fully saturated rings. The van der Waals surface area contributed by atoms with E-state index in [-0.39, 0.29) is 53.5 Å². The highest BCUT2D eigenvalue weighted by molar-refractivity contribution is 5.98. The van der Waals surface area contributed by atoms with Crippen molar-refractivity contribution in [1.29, 1.82) is 5.26 Å². The monoisotopic (exact) mass is 507 g/mol. The Hall–Kier alpha value is -4.66. The summed E-state index contributed by atoms with van der Waals surface area (Å²) in [6.07, 6.45) is 2.56. The van der Waals surface area contributed by atoms with Gasteiger partial charge in [-0.2, -0.15) is 14.8 Å². The van der Waals surface area contributed by atoms with Crippen LogP contribution >= 0.6 is 0 Å². The molecular weight excluding hydrogens is 487 g/mol. The fraction of sp³-hybridized carbons (Fsp3) is 0.240. The molecular formula is C25H20F3N7O2. The van der Waals surface area contributed by atoms with Crippen LogP contribution < -0.4 is 10.5 Å². The molecule has 188 valence electrons. The van der Waals surface area contributed by atoms with Crippen molar-refractivity contribution in [1.82, 2.24) is 24.6 Å². The highest BCUT2D eigenvalue weighted by Crippen LogP contribution is 2.35. The second-order valence-corrected chi connectivity index (χ2v) is 8.50. The van der Waals surface area contributed by atoms with Crippen molar-refractivity contribution in [3.8, 4) is 28.8 Å². The Bertz CT molecular complexity index is 1550. The summed E-state index contributed by atoms with van der Waals surface area (Å²) >= 11 is 0. The van der Waals surface area contributed by atoms with Crippen molar-refractivity contribution in [3.63, 3.8) is 0 Å². The van der Waals surface area contributed by atoms with Crippen LogP contribution in [0.5, 0.6) is 11.5 Å². The van der Waals surface area contributed by atoms with E-state index < -0.39 is 17.5 Å². The summed E-state index contributed by atoms with van der Waals surface area (Å²) in [5, 5.41) is 13.8. The van der Waals surface area contributed by atoms with Crippen LogP contribution in [0, 0.1) is 28.8 Å². The Morgan fingerprint density at radius 2 is 2.03 bits per heavy atom. The Balaban J connectivity index is 1.50. The lowest BCUT2D eigenvalue weighted by atomic mass is 10.1. The Morgan fingerprint density at radius 1 is 1.19 bits per heavy atom. The molecule has 12 heteroatoms. The van der Waals surface area contributed by atoms with Crippen molar-refractivity contribution < 1.29 is 22.7 Å². The highest BCUT2D eigenvalue weighted by atomic mass is 19.2. The number of anilines is 1. The molecule has 1 atom stereocenters. The SMILES string of the molecule is N#CCC(=O)N1CCC[C@H]1Cn1nc(-c2ccc(Oc3cccc(F)c3F)cc2F)c2c(N)ncnc21. The zero-order valence-corrected chi connectivity index (χ0v) is 19.4. The van der Waals surface area contributed by atoms with Gasteiger partial charge in [0.25, 0.3) is 0 Å². The smallest absolute Gasteiger partial charge is 0.237 e. The fourth-order valence-corrected chi connectivity index (χ4v) is 4.51. The zero-order valence-electron chi connectivity index (χ0n) is 19.4. The minimum absolute atomic E-state index is 0.0451. The van der Waals surface area contributed by atoms with Crippen LogP contribution in [-0.4, -0.2) is 43.1 Å². The van der Waals surface area contributed by atoms with E-state index in [1.165, 1.54) is 30.6 Å². The van der Waals surface area contributed by atoms with Crippen molar-refractivity contribution in [2.45, 2.75) is 31.8 Å². The molecule has 1 aliphatic rings. The first kappa shape index (κ1) is 24.1. The minimum atomic E-state index is -1.18. The lowest BCUT2D eigenvalue weighted by molar-refractivity contribution is -0.131. The number of nitriles is 1. The number of carbonyl (C=O) groups excluding carboxylic acids is 1. The van der Waals surface area contributed by atoms with Crippen molar-refractivity contribution in [2.24, 2.45) is 0 Å². The topological polar surface area (TPSA) is 123 Å². The molecule has 5 rings (SSSR count). The Morgan fingerprint density at radius 3 is 2.81 bits per heavy atom. The van der Waals surface area contributed by atoms with Gasteiger partial charge in [0, 0.05) is 18.2 Å². The third-order valence-corrected chi connectivity index (χ3v) is 6.21. The first-order valence-corrected chi connectivity index (χ1v) is 11.4. The zero-order chi connectivity index (χ0) is 26.1. The van der Waals surface area contributed by atoms with Crippen molar-refractivity contribution >= 4 is 22.8 Å². The number of aromatic nitrogens is 4. The molecule has 0 unspecified atom stereocenters. The van der Waals surface area contributed by atoms with E-state index >= 15 is 4.39 Å². The highest BCUT2D eigenvalue weighted by Gasteiger charge is 2.30. The maximum absolute atomic E-state index is 15.3. The van der Waals surface area contributed by atoms with E-state index in [2.05, 4.69) is 15.1 Å². The van der Waals surface area contributed by atoms with Gasteiger partial charge in [-0.1, -0.05) is 6.07 Å². The average Bonchev–Trinajstić information content (AvgIpc) is 3.48. The van der Waals surface area contributed by atoms with E-state index in [0.29, 0.717) is 24.0 Å². The minimum Gasteiger partial charge on any atom is -0.454 e. The number of benzene rings is 2. The van der Waals surface area contributed by atoms with Gasteiger partial charge in [0.05, 0.1) is 24.0 Å². The number of amides is 1. The number of nitrogen functional groups attached to an aromatic ring is 1. The Labute approximate surface area is 208 Å². The first-order chi connectivity index (χ1) is 17.9. The number of nitrogens with zero attached hydrogens (tertiary/aromatic N) is 6. The molecule has 4 aromatic rings. The van der Waals surface area contributed by atoms with E-state index in [0.717, 1.165) is 18.6 Å². The number of fused-ring (bicyclic) bond motifs is 1. The van der Waals surface area contributed by atoms with Gasteiger partial charge in [0.15, 0.2) is 17.2 Å². The molecule has 1 aliphatic heterocycles. The molecule has 3 heterocycles. The van der Waals surface area contributed by atoms with Crippen molar-refractivity contribution in [2.75, 3.05) is 12.3 Å². The molecule has 1 saturated heterocycles. The van der Waals surface area contributed by atoms with E-state index in [1.54, 1.807) is 9.58 Å². The van der Waals surface area contributed by atoms with Gasteiger partial charge in [-0.05, 0) is 37.1 Å². The largest absolute Gasteiger partial charge is 0.454 e. The van der Waals surface area contributed by atoms with Gasteiger partial charge in [-0.15, -0.1) is 0 Å². The van der Waals surface area contributed by atoms with Crippen LogP contribution in [-0.2, 0) is 11.3 Å². The van der Waals surface area contributed by atoms with Gasteiger partial charge in [-0.3, -0.25) is 4.79 Å². The number of halogens is 3. The number of likely N-dealkylation sites (tertiary alicyclic amines) is 1. The van der Waals surface area contributed by atoms with Crippen LogP contribution in [0.1, 0.15) is 19.3 Å². The molecule has 0 spiro atoms. The quantitative estimate of drug-likeness (QED) is 0.415. The summed E-state index contributed by atoms with van der Waals surface area (Å²) in [7, 11) is 0. The molecule has 2 aromatic carbocycles. The summed E-state index contributed by atoms with van der Waals surface area (Å²) < 4.78 is 49.6. The third-order valence-electron chi connectivity index (χ3n) is 6.21. The summed E-state index contributed by atoms with van der Waals surface area (Å²) in [4.78, 5) is 22.3. The fourth-order valence-electron chi connectivity index (χ4n) is 4.51. The summed E-state index contributed by atoms with van der Waals surface area (Å²) in [6.45, 7) is 0.808. The van der Waals surface area contributed by atoms with E-state index in [9.17, 15) is 13.6 Å². The lowest BCUT2D eigenvalue weighted by Gasteiger charge is -2.23. The van der Waals surface area contributed by atoms with Gasteiger partial charge in [-0.25, -0.2) is 23.4 Å². The predicted molar refractivity (Wildman–Crippen MR) is 127 cm³/mol. The van der Waals surface area contributed by atoms with E-state index in [1.807, 2.05) is 6.07 Å². The summed E-state index contributed by atoms with van der Waals surface area (Å²) in [5.74, 6) is -3.60. The van der Waals surface area contributed by atoms with Crippen LogP contribution in [0.2, 0.25) is 0 Å². The molecule has 0 radical (unpaired) electrons. The normalized spacial score (nSPS) is 15.2. The van der Waals surface area contributed by atoms with Crippen LogP contribution in [0.4, 0.5) is 19.0 Å². The molecule has 9 nitrogen and oxygen atoms in total. The van der Waals surface area contributed by atoms with Crippen LogP contribution in [0.15, 0.2) is 42.7 Å². The van der Waals surface area contributed by atoms with Crippen molar-refractivity contribution in [3.05, 3.63) is 60.2 Å². The number of hydrogen-bond donors (Lipinski definition) is 1. The molecule has 0 saturated carbocycles. The maximum atomic E-state index is 15.3. The van der Waals surface area contributed by atoms with E-state index in [4.69, 9.17) is 15.7 Å².